The van der Waals surface area contributed by atoms with Crippen LogP contribution in [0.25, 0.3) is 0 Å². The highest BCUT2D eigenvalue weighted by Crippen LogP contribution is 2.32. The molecule has 2 N–H and O–H groups in total. The first-order valence-corrected chi connectivity index (χ1v) is 4.92. The van der Waals surface area contributed by atoms with E-state index >= 15 is 0 Å². The monoisotopic (exact) mass is 192 g/mol. The minimum absolute atomic E-state index is 0.143. The van der Waals surface area contributed by atoms with Crippen molar-refractivity contribution in [2.24, 2.45) is 5.92 Å². The van der Waals surface area contributed by atoms with Crippen molar-refractivity contribution in [2.45, 2.75) is 19.0 Å². The third-order valence-electron chi connectivity index (χ3n) is 3.21. The van der Waals surface area contributed by atoms with E-state index in [0.29, 0.717) is 12.0 Å². The molecule has 1 saturated heterocycles. The van der Waals surface area contributed by atoms with Crippen molar-refractivity contribution < 1.29 is 5.11 Å². The van der Waals surface area contributed by atoms with Crippen LogP contribution in [0.15, 0.2) is 16.9 Å². The number of rotatable bonds is 0. The van der Waals surface area contributed by atoms with Crippen LogP contribution in [0, 0.1) is 5.92 Å². The summed E-state index contributed by atoms with van der Waals surface area (Å²) in [6.07, 6.45) is 1.12. The molecule has 1 aromatic heterocycles. The van der Waals surface area contributed by atoms with E-state index < -0.39 is 0 Å². The van der Waals surface area contributed by atoms with Gasteiger partial charge in [-0.2, -0.15) is 0 Å². The van der Waals surface area contributed by atoms with E-state index in [1.54, 1.807) is 4.57 Å². The van der Waals surface area contributed by atoms with Crippen LogP contribution in [0.2, 0.25) is 0 Å². The Morgan fingerprint density at radius 1 is 1.50 bits per heavy atom. The Morgan fingerprint density at radius 2 is 2.36 bits per heavy atom. The van der Waals surface area contributed by atoms with Crippen molar-refractivity contribution in [3.05, 3.63) is 28.2 Å². The average Bonchev–Trinajstić information content (AvgIpc) is 2.56. The number of nitrogens with zero attached hydrogens (tertiary/aromatic N) is 1. The maximum absolute atomic E-state index is 11.6. The zero-order valence-electron chi connectivity index (χ0n) is 7.73. The molecule has 0 aromatic carbocycles. The largest absolute Gasteiger partial charge is 0.503 e. The molecule has 14 heavy (non-hydrogen) atoms. The molecule has 0 amide bonds. The van der Waals surface area contributed by atoms with Crippen molar-refractivity contribution >= 4 is 0 Å². The summed E-state index contributed by atoms with van der Waals surface area (Å²) in [6.45, 7) is 1.72. The van der Waals surface area contributed by atoms with E-state index in [-0.39, 0.29) is 11.3 Å². The number of aromatic hydroxyl groups is 1. The SMILES string of the molecule is O=c1c(O)ccc2n1C[C@@H]1CN[C@@H]2C1. The normalized spacial score (nSPS) is 28.9. The Hall–Kier alpha value is -1.29. The van der Waals surface area contributed by atoms with Gasteiger partial charge in [-0.1, -0.05) is 0 Å². The van der Waals surface area contributed by atoms with E-state index in [1.165, 1.54) is 6.07 Å². The standard InChI is InChI=1S/C10H12N2O2/c13-9-2-1-8-7-3-6(4-11-7)5-12(8)10(9)14/h1-2,6-7,11,13H,3-5H2/t6-,7+/m0/s1. The van der Waals surface area contributed by atoms with Crippen molar-refractivity contribution in [1.29, 1.82) is 0 Å². The van der Waals surface area contributed by atoms with Crippen LogP contribution in [0.1, 0.15) is 18.2 Å². The van der Waals surface area contributed by atoms with Crippen molar-refractivity contribution in [1.82, 2.24) is 9.88 Å². The zero-order valence-corrected chi connectivity index (χ0v) is 7.73. The Bertz CT molecular complexity index is 438. The molecule has 0 radical (unpaired) electrons. The topological polar surface area (TPSA) is 54.3 Å². The molecule has 74 valence electrons. The van der Waals surface area contributed by atoms with Crippen LogP contribution < -0.4 is 10.9 Å². The molecule has 3 heterocycles. The fourth-order valence-electron chi connectivity index (χ4n) is 2.51. The molecule has 4 heteroatoms. The smallest absolute Gasteiger partial charge is 0.292 e. The Morgan fingerprint density at radius 3 is 3.21 bits per heavy atom. The van der Waals surface area contributed by atoms with Crippen LogP contribution in [0.3, 0.4) is 0 Å². The van der Waals surface area contributed by atoms with Gasteiger partial charge in [0, 0.05) is 24.8 Å². The number of pyridine rings is 1. The van der Waals surface area contributed by atoms with E-state index in [9.17, 15) is 9.90 Å². The molecule has 0 spiro atoms. The summed E-state index contributed by atoms with van der Waals surface area (Å²) in [6, 6.07) is 3.65. The van der Waals surface area contributed by atoms with E-state index in [4.69, 9.17) is 0 Å². The first-order valence-electron chi connectivity index (χ1n) is 4.92. The van der Waals surface area contributed by atoms with Gasteiger partial charge in [0.1, 0.15) is 0 Å². The predicted molar refractivity (Wildman–Crippen MR) is 51.2 cm³/mol. The van der Waals surface area contributed by atoms with Gasteiger partial charge in [0.05, 0.1) is 0 Å². The summed E-state index contributed by atoms with van der Waals surface area (Å²) in [5.41, 5.74) is 0.766. The highest BCUT2D eigenvalue weighted by Gasteiger charge is 2.33. The molecule has 0 unspecified atom stereocenters. The zero-order chi connectivity index (χ0) is 9.71. The van der Waals surface area contributed by atoms with E-state index in [0.717, 1.165) is 25.2 Å². The minimum Gasteiger partial charge on any atom is -0.503 e. The molecule has 0 aliphatic carbocycles. The number of nitrogens with one attached hydrogen (secondary N) is 1. The van der Waals surface area contributed by atoms with Crippen LogP contribution in [0.4, 0.5) is 0 Å². The van der Waals surface area contributed by atoms with Gasteiger partial charge in [-0.3, -0.25) is 4.79 Å². The fraction of sp³-hybridized carbons (Fsp3) is 0.500. The quantitative estimate of drug-likeness (QED) is 0.618. The van der Waals surface area contributed by atoms with Crippen LogP contribution >= 0.6 is 0 Å². The third-order valence-corrected chi connectivity index (χ3v) is 3.21. The second-order valence-electron chi connectivity index (χ2n) is 4.12. The molecular weight excluding hydrogens is 180 g/mol. The van der Waals surface area contributed by atoms with Crippen molar-refractivity contribution in [3.63, 3.8) is 0 Å². The maximum atomic E-state index is 11.6. The van der Waals surface area contributed by atoms with Gasteiger partial charge in [-0.25, -0.2) is 0 Å². The van der Waals surface area contributed by atoms with Gasteiger partial charge in [-0.15, -0.1) is 0 Å². The highest BCUT2D eigenvalue weighted by molar-refractivity contribution is 5.24. The van der Waals surface area contributed by atoms with Gasteiger partial charge in [0.25, 0.3) is 5.56 Å². The van der Waals surface area contributed by atoms with Gasteiger partial charge in [-0.05, 0) is 24.5 Å². The van der Waals surface area contributed by atoms with Gasteiger partial charge in [0.15, 0.2) is 5.75 Å². The lowest BCUT2D eigenvalue weighted by Crippen LogP contribution is -2.30. The lowest BCUT2D eigenvalue weighted by atomic mass is 9.98. The summed E-state index contributed by atoms with van der Waals surface area (Å²) >= 11 is 0. The maximum Gasteiger partial charge on any atom is 0.292 e. The van der Waals surface area contributed by atoms with Gasteiger partial charge < -0.3 is 15.0 Å². The fourth-order valence-corrected chi connectivity index (χ4v) is 2.51. The number of aromatic nitrogens is 1. The highest BCUT2D eigenvalue weighted by atomic mass is 16.3. The molecule has 1 fully saturated rings. The molecule has 1 aromatic rings. The predicted octanol–water partition coefficient (Wildman–Crippen LogP) is 0.218. The average molecular weight is 192 g/mol. The summed E-state index contributed by atoms with van der Waals surface area (Å²) in [7, 11) is 0. The molecule has 4 nitrogen and oxygen atoms in total. The van der Waals surface area contributed by atoms with Crippen LogP contribution in [-0.4, -0.2) is 16.2 Å². The number of hydrogen-bond acceptors (Lipinski definition) is 3. The third kappa shape index (κ3) is 0.944. The van der Waals surface area contributed by atoms with Crippen molar-refractivity contribution in [2.75, 3.05) is 6.54 Å². The molecule has 2 bridgehead atoms. The Labute approximate surface area is 81.2 Å². The molecule has 2 aliphatic rings. The van der Waals surface area contributed by atoms with Crippen LogP contribution in [0.5, 0.6) is 5.75 Å². The second kappa shape index (κ2) is 2.60. The molecule has 3 rings (SSSR count). The first-order chi connectivity index (χ1) is 6.75. The van der Waals surface area contributed by atoms with Gasteiger partial charge >= 0.3 is 0 Å². The van der Waals surface area contributed by atoms with E-state index in [1.807, 2.05) is 6.07 Å². The van der Waals surface area contributed by atoms with Crippen molar-refractivity contribution in [3.8, 4) is 5.75 Å². The molecular formula is C10H12N2O2. The molecule has 2 aliphatic heterocycles. The first kappa shape index (κ1) is 8.05. The number of fused-ring (bicyclic) bond motifs is 4. The Balaban J connectivity index is 2.23. The summed E-state index contributed by atoms with van der Waals surface area (Å²) in [4.78, 5) is 11.6. The van der Waals surface area contributed by atoms with Crippen LogP contribution in [-0.2, 0) is 6.54 Å². The summed E-state index contributed by atoms with van der Waals surface area (Å²) in [5, 5.41) is 12.7. The number of hydrogen-bond donors (Lipinski definition) is 2. The second-order valence-corrected chi connectivity index (χ2v) is 4.12. The van der Waals surface area contributed by atoms with Gasteiger partial charge in [0.2, 0.25) is 0 Å². The minimum atomic E-state index is -0.249. The lowest BCUT2D eigenvalue weighted by molar-refractivity contribution is 0.387. The molecule has 2 atom stereocenters. The van der Waals surface area contributed by atoms with E-state index in [2.05, 4.69) is 5.32 Å². The Kier molecular flexibility index (Phi) is 1.50. The molecule has 0 saturated carbocycles. The summed E-state index contributed by atoms with van der Waals surface area (Å²) < 4.78 is 1.70. The lowest BCUT2D eigenvalue weighted by Gasteiger charge is -2.23. The summed E-state index contributed by atoms with van der Waals surface area (Å²) in [5.74, 6) is 0.405.